The van der Waals surface area contributed by atoms with Gasteiger partial charge in [-0.15, -0.1) is 0 Å². The van der Waals surface area contributed by atoms with Crippen molar-refractivity contribution in [3.05, 3.63) is 36.5 Å². The maximum Gasteiger partial charge on any atom is 0.265 e. The van der Waals surface area contributed by atoms with Crippen molar-refractivity contribution in [1.82, 2.24) is 25.1 Å². The second kappa shape index (κ2) is 6.15. The predicted molar refractivity (Wildman–Crippen MR) is 63.5 cm³/mol. The minimum atomic E-state index is -2.90. The van der Waals surface area contributed by atoms with E-state index in [1.807, 2.05) is 0 Å². The van der Waals surface area contributed by atoms with Crippen LogP contribution in [0.4, 0.5) is 8.78 Å². The van der Waals surface area contributed by atoms with E-state index in [2.05, 4.69) is 20.4 Å². The van der Waals surface area contributed by atoms with Gasteiger partial charge in [0.25, 0.3) is 12.3 Å². The Bertz CT molecular complexity index is 559. The molecule has 9 heteroatoms. The molecule has 0 aliphatic carbocycles. The molecule has 0 aliphatic heterocycles. The molecule has 0 fully saturated rings. The van der Waals surface area contributed by atoms with Crippen molar-refractivity contribution < 1.29 is 18.7 Å². The SMILES string of the molecule is O=C(NCC(O)C(F)F)c1ccc(-n2cncn2)nc1. The number of halogens is 2. The first-order valence-electron chi connectivity index (χ1n) is 5.63. The molecular formula is C11H11F2N5O2. The molecule has 2 rings (SSSR count). The fourth-order valence-corrected chi connectivity index (χ4v) is 1.37. The molecule has 2 aromatic rings. The quantitative estimate of drug-likeness (QED) is 0.807. The van der Waals surface area contributed by atoms with Gasteiger partial charge < -0.3 is 10.4 Å². The number of rotatable bonds is 5. The number of amides is 1. The number of alkyl halides is 2. The third-order valence-electron chi connectivity index (χ3n) is 2.43. The summed E-state index contributed by atoms with van der Waals surface area (Å²) in [4.78, 5) is 19.4. The number of nitrogens with zero attached hydrogens (tertiary/aromatic N) is 4. The number of aliphatic hydroxyl groups is 1. The van der Waals surface area contributed by atoms with Crippen LogP contribution >= 0.6 is 0 Å². The van der Waals surface area contributed by atoms with Gasteiger partial charge in [-0.2, -0.15) is 5.10 Å². The first-order valence-corrected chi connectivity index (χ1v) is 5.63. The first-order chi connectivity index (χ1) is 9.58. The highest BCUT2D eigenvalue weighted by molar-refractivity contribution is 5.93. The second-order valence-electron chi connectivity index (χ2n) is 3.86. The molecule has 0 aromatic carbocycles. The fourth-order valence-electron chi connectivity index (χ4n) is 1.37. The third-order valence-corrected chi connectivity index (χ3v) is 2.43. The monoisotopic (exact) mass is 283 g/mol. The Morgan fingerprint density at radius 2 is 2.25 bits per heavy atom. The second-order valence-corrected chi connectivity index (χ2v) is 3.86. The zero-order valence-electron chi connectivity index (χ0n) is 10.1. The van der Waals surface area contributed by atoms with Crippen molar-refractivity contribution in [2.24, 2.45) is 0 Å². The van der Waals surface area contributed by atoms with E-state index >= 15 is 0 Å². The third kappa shape index (κ3) is 3.32. The number of hydrogen-bond donors (Lipinski definition) is 2. The number of nitrogens with one attached hydrogen (secondary N) is 1. The number of hydrogen-bond acceptors (Lipinski definition) is 5. The Balaban J connectivity index is 1.98. The summed E-state index contributed by atoms with van der Waals surface area (Å²) in [5.74, 6) is -0.131. The number of carbonyl (C=O) groups is 1. The largest absolute Gasteiger partial charge is 0.385 e. The molecular weight excluding hydrogens is 272 g/mol. The van der Waals surface area contributed by atoms with Gasteiger partial charge in [0.05, 0.1) is 5.56 Å². The fraction of sp³-hybridized carbons (Fsp3) is 0.273. The lowest BCUT2D eigenvalue weighted by atomic mass is 10.2. The molecule has 2 heterocycles. The van der Waals surface area contributed by atoms with E-state index in [1.54, 1.807) is 0 Å². The van der Waals surface area contributed by atoms with Gasteiger partial charge in [0, 0.05) is 12.7 Å². The van der Waals surface area contributed by atoms with Crippen molar-refractivity contribution in [3.63, 3.8) is 0 Å². The van der Waals surface area contributed by atoms with Crippen LogP contribution in [-0.2, 0) is 0 Å². The van der Waals surface area contributed by atoms with Gasteiger partial charge in [-0.05, 0) is 12.1 Å². The van der Waals surface area contributed by atoms with E-state index in [0.29, 0.717) is 5.82 Å². The molecule has 7 nitrogen and oxygen atoms in total. The van der Waals surface area contributed by atoms with Crippen LogP contribution in [0.5, 0.6) is 0 Å². The van der Waals surface area contributed by atoms with Gasteiger partial charge in [-0.25, -0.2) is 23.4 Å². The van der Waals surface area contributed by atoms with Crippen molar-refractivity contribution in [1.29, 1.82) is 0 Å². The van der Waals surface area contributed by atoms with Crippen LogP contribution in [-0.4, -0.2) is 49.8 Å². The molecule has 2 N–H and O–H groups in total. The summed E-state index contributed by atoms with van der Waals surface area (Å²) >= 11 is 0. The van der Waals surface area contributed by atoms with Crippen LogP contribution in [0.3, 0.4) is 0 Å². The average Bonchev–Trinajstić information content (AvgIpc) is 2.98. The molecule has 1 atom stereocenters. The van der Waals surface area contributed by atoms with Crippen molar-refractivity contribution in [2.75, 3.05) is 6.54 Å². The molecule has 0 spiro atoms. The summed E-state index contributed by atoms with van der Waals surface area (Å²) in [6.45, 7) is -0.526. The molecule has 1 unspecified atom stereocenters. The van der Waals surface area contributed by atoms with Gasteiger partial charge in [-0.3, -0.25) is 4.79 Å². The van der Waals surface area contributed by atoms with Gasteiger partial charge in [0.2, 0.25) is 0 Å². The van der Waals surface area contributed by atoms with Gasteiger partial charge in [0.15, 0.2) is 5.82 Å². The molecule has 2 aromatic heterocycles. The van der Waals surface area contributed by atoms with Gasteiger partial charge in [0.1, 0.15) is 18.8 Å². The molecule has 0 bridgehead atoms. The van der Waals surface area contributed by atoms with Crippen LogP contribution in [0.25, 0.3) is 5.82 Å². The number of aliphatic hydroxyl groups excluding tert-OH is 1. The molecule has 0 aliphatic rings. The molecule has 106 valence electrons. The van der Waals surface area contributed by atoms with Crippen LogP contribution in [0.15, 0.2) is 31.0 Å². The van der Waals surface area contributed by atoms with Crippen molar-refractivity contribution >= 4 is 5.91 Å². The molecule has 0 saturated carbocycles. The maximum atomic E-state index is 12.1. The first kappa shape index (κ1) is 14.0. The molecule has 20 heavy (non-hydrogen) atoms. The Morgan fingerprint density at radius 1 is 1.45 bits per heavy atom. The zero-order chi connectivity index (χ0) is 14.5. The van der Waals surface area contributed by atoms with Crippen molar-refractivity contribution in [2.45, 2.75) is 12.5 Å². The highest BCUT2D eigenvalue weighted by Crippen LogP contribution is 2.04. The Morgan fingerprint density at radius 3 is 2.80 bits per heavy atom. The predicted octanol–water partition coefficient (Wildman–Crippen LogP) is 0.0181. The van der Waals surface area contributed by atoms with E-state index in [-0.39, 0.29) is 5.56 Å². The van der Waals surface area contributed by atoms with Crippen LogP contribution in [0.1, 0.15) is 10.4 Å². The highest BCUT2D eigenvalue weighted by atomic mass is 19.3. The normalized spacial score (nSPS) is 12.4. The van der Waals surface area contributed by atoms with Gasteiger partial charge in [-0.1, -0.05) is 0 Å². The van der Waals surface area contributed by atoms with Crippen molar-refractivity contribution in [3.8, 4) is 5.82 Å². The number of aromatic nitrogens is 4. The Hall–Kier alpha value is -2.42. The van der Waals surface area contributed by atoms with Gasteiger partial charge >= 0.3 is 0 Å². The van der Waals surface area contributed by atoms with E-state index in [1.165, 1.54) is 35.7 Å². The summed E-state index contributed by atoms with van der Waals surface area (Å²) < 4.78 is 25.5. The van der Waals surface area contributed by atoms with E-state index in [9.17, 15) is 13.6 Å². The summed E-state index contributed by atoms with van der Waals surface area (Å²) in [5.41, 5.74) is 0.190. The summed E-state index contributed by atoms with van der Waals surface area (Å²) in [6, 6.07) is 3.00. The molecule has 0 saturated heterocycles. The van der Waals surface area contributed by atoms with Crippen LogP contribution in [0, 0.1) is 0 Å². The van der Waals surface area contributed by atoms with E-state index < -0.39 is 25.0 Å². The lowest BCUT2D eigenvalue weighted by Crippen LogP contribution is -2.35. The Labute approximate surface area is 112 Å². The number of pyridine rings is 1. The Kier molecular flexibility index (Phi) is 4.31. The maximum absolute atomic E-state index is 12.1. The summed E-state index contributed by atoms with van der Waals surface area (Å²) in [7, 11) is 0. The summed E-state index contributed by atoms with van der Waals surface area (Å²) in [6.07, 6.45) is -0.722. The topological polar surface area (TPSA) is 92.9 Å². The van der Waals surface area contributed by atoms with E-state index in [0.717, 1.165) is 0 Å². The average molecular weight is 283 g/mol. The zero-order valence-corrected chi connectivity index (χ0v) is 10.1. The lowest BCUT2D eigenvalue weighted by Gasteiger charge is -2.10. The van der Waals surface area contributed by atoms with Crippen LogP contribution in [0.2, 0.25) is 0 Å². The van der Waals surface area contributed by atoms with E-state index in [4.69, 9.17) is 5.11 Å². The standard InChI is InChI=1S/C11H11F2N5O2/c12-10(13)8(19)4-16-11(20)7-1-2-9(15-3-7)18-6-14-5-17-18/h1-3,5-6,8,10,19H,4H2,(H,16,20). The smallest absolute Gasteiger partial charge is 0.265 e. The lowest BCUT2D eigenvalue weighted by molar-refractivity contribution is -0.00270. The highest BCUT2D eigenvalue weighted by Gasteiger charge is 2.18. The number of carbonyl (C=O) groups excluding carboxylic acids is 1. The minimum absolute atomic E-state index is 0.190. The van der Waals surface area contributed by atoms with Crippen LogP contribution < -0.4 is 5.32 Å². The summed E-state index contributed by atoms with van der Waals surface area (Å²) in [5, 5.41) is 14.9. The molecule has 1 amide bonds. The minimum Gasteiger partial charge on any atom is -0.385 e. The molecule has 0 radical (unpaired) electrons.